The van der Waals surface area contributed by atoms with Crippen molar-refractivity contribution in [1.82, 2.24) is 4.98 Å². The number of pyridine rings is 1. The van der Waals surface area contributed by atoms with Crippen molar-refractivity contribution in [3.63, 3.8) is 0 Å². The maximum Gasteiger partial charge on any atom is 1.00 e. The van der Waals surface area contributed by atoms with Crippen molar-refractivity contribution in [2.45, 2.75) is 0 Å². The molecule has 0 aliphatic rings. The van der Waals surface area contributed by atoms with Gasteiger partial charge in [0, 0.05) is 0 Å². The van der Waals surface area contributed by atoms with Crippen LogP contribution in [0.5, 0.6) is 0 Å². The van der Waals surface area contributed by atoms with Crippen LogP contribution in [0.4, 0.5) is 4.39 Å². The molecule has 0 spiro atoms. The fourth-order valence-corrected chi connectivity index (χ4v) is 0.701. The third kappa shape index (κ3) is 2.47. The van der Waals surface area contributed by atoms with E-state index < -0.39 is 5.95 Å². The van der Waals surface area contributed by atoms with E-state index in [1.165, 1.54) is 0 Å². The molecule has 0 aliphatic carbocycles. The van der Waals surface area contributed by atoms with Crippen LogP contribution in [0.2, 0.25) is 10.0 Å². The second-order valence-corrected chi connectivity index (χ2v) is 2.12. The van der Waals surface area contributed by atoms with E-state index in [2.05, 4.69) is 11.1 Å². The second-order valence-electron chi connectivity index (χ2n) is 1.34. The number of hydrogen-bond donors (Lipinski definition) is 0. The molecule has 48 valence electrons. The Balaban J connectivity index is 0.000000810. The summed E-state index contributed by atoms with van der Waals surface area (Å²) in [7, 11) is 0. The molecule has 10 heavy (non-hydrogen) atoms. The van der Waals surface area contributed by atoms with Crippen LogP contribution in [0.3, 0.4) is 0 Å². The normalized spacial score (nSPS) is 8.70. The SMILES string of the molecule is Fc1ncc(Cl)[c-]c1Cl.[Li+]. The van der Waals surface area contributed by atoms with Crippen LogP contribution in [0, 0.1) is 12.0 Å². The van der Waals surface area contributed by atoms with Crippen molar-refractivity contribution in [2.24, 2.45) is 0 Å². The Morgan fingerprint density at radius 3 is 2.50 bits per heavy atom. The third-order valence-corrected chi connectivity index (χ3v) is 1.14. The number of halogens is 3. The van der Waals surface area contributed by atoms with Crippen LogP contribution in [-0.4, -0.2) is 4.98 Å². The molecule has 0 saturated heterocycles. The standard InChI is InChI=1S/C5HCl2FN.Li/c6-3-1-4(7)5(8)9-2-3;/h2H;/q-1;+1. The van der Waals surface area contributed by atoms with E-state index >= 15 is 0 Å². The van der Waals surface area contributed by atoms with Crippen LogP contribution in [-0.2, 0) is 0 Å². The van der Waals surface area contributed by atoms with E-state index in [1.54, 1.807) is 0 Å². The van der Waals surface area contributed by atoms with Crippen molar-refractivity contribution in [1.29, 1.82) is 0 Å². The molecule has 1 heterocycles. The summed E-state index contributed by atoms with van der Waals surface area (Å²) in [5.74, 6) is -0.749. The van der Waals surface area contributed by atoms with Crippen molar-refractivity contribution in [3.05, 3.63) is 28.3 Å². The number of hydrogen-bond acceptors (Lipinski definition) is 1. The van der Waals surface area contributed by atoms with Gasteiger partial charge in [-0.3, -0.25) is 4.39 Å². The Labute approximate surface area is 79.7 Å². The smallest absolute Gasteiger partial charge is 0.355 e. The van der Waals surface area contributed by atoms with Crippen molar-refractivity contribution in [3.8, 4) is 0 Å². The summed E-state index contributed by atoms with van der Waals surface area (Å²) in [6.07, 6.45) is 1.14. The van der Waals surface area contributed by atoms with Gasteiger partial charge in [-0.05, 0) is 5.02 Å². The molecule has 0 saturated carbocycles. The van der Waals surface area contributed by atoms with Crippen LogP contribution >= 0.6 is 23.2 Å². The molecule has 0 unspecified atom stereocenters. The number of nitrogens with zero attached hydrogens (tertiary/aromatic N) is 1. The van der Waals surface area contributed by atoms with Gasteiger partial charge >= 0.3 is 18.9 Å². The molecule has 1 aromatic rings. The first-order chi connectivity index (χ1) is 4.20. The topological polar surface area (TPSA) is 12.9 Å². The van der Waals surface area contributed by atoms with Crippen LogP contribution < -0.4 is 18.9 Å². The largest absolute Gasteiger partial charge is 1.00 e. The average molecular weight is 172 g/mol. The number of aromatic nitrogens is 1. The van der Waals surface area contributed by atoms with Crippen molar-refractivity contribution >= 4 is 23.2 Å². The van der Waals surface area contributed by atoms with Crippen LogP contribution in [0.25, 0.3) is 0 Å². The summed E-state index contributed by atoms with van der Waals surface area (Å²) in [6, 6.07) is 2.33. The summed E-state index contributed by atoms with van der Waals surface area (Å²) in [5.41, 5.74) is 0. The Morgan fingerprint density at radius 1 is 1.50 bits per heavy atom. The predicted octanol–water partition coefficient (Wildman–Crippen LogP) is -0.668. The van der Waals surface area contributed by atoms with E-state index in [0.29, 0.717) is 0 Å². The molecular weight excluding hydrogens is 171 g/mol. The van der Waals surface area contributed by atoms with Gasteiger partial charge in [0.2, 0.25) is 0 Å². The van der Waals surface area contributed by atoms with Gasteiger partial charge in [0.05, 0.1) is 0 Å². The minimum Gasteiger partial charge on any atom is -0.355 e. The van der Waals surface area contributed by atoms with Gasteiger partial charge in [0.1, 0.15) is 5.95 Å². The maximum absolute atomic E-state index is 12.2. The molecule has 0 atom stereocenters. The Morgan fingerprint density at radius 2 is 2.10 bits per heavy atom. The first-order valence-electron chi connectivity index (χ1n) is 2.09. The zero-order valence-electron chi connectivity index (χ0n) is 5.16. The molecule has 0 fully saturated rings. The van der Waals surface area contributed by atoms with Gasteiger partial charge in [-0.25, -0.2) is 0 Å². The Hall–Kier alpha value is 0.257. The fourth-order valence-electron chi connectivity index (χ4n) is 0.359. The van der Waals surface area contributed by atoms with Gasteiger partial charge in [0.25, 0.3) is 0 Å². The number of rotatable bonds is 0. The molecule has 1 nitrogen and oxygen atoms in total. The zero-order valence-corrected chi connectivity index (χ0v) is 6.67. The van der Waals surface area contributed by atoms with Gasteiger partial charge in [-0.1, -0.05) is 11.2 Å². The molecule has 5 heteroatoms. The maximum atomic E-state index is 12.2. The van der Waals surface area contributed by atoms with E-state index in [-0.39, 0.29) is 28.9 Å². The van der Waals surface area contributed by atoms with Gasteiger partial charge in [0.15, 0.2) is 0 Å². The summed E-state index contributed by atoms with van der Waals surface area (Å²) in [5, 5.41) is 0.0314. The Kier molecular flexibility index (Phi) is 4.31. The minimum absolute atomic E-state index is 0. The first kappa shape index (κ1) is 10.3. The quantitative estimate of drug-likeness (QED) is 0.287. The summed E-state index contributed by atoms with van der Waals surface area (Å²) in [6.45, 7) is 0. The molecule has 0 bridgehead atoms. The van der Waals surface area contributed by atoms with Crippen molar-refractivity contribution < 1.29 is 23.3 Å². The molecule has 0 radical (unpaired) electrons. The summed E-state index contributed by atoms with van der Waals surface area (Å²) in [4.78, 5) is 3.22. The molecule has 0 aliphatic heterocycles. The minimum atomic E-state index is -0.749. The average Bonchev–Trinajstić information content (AvgIpc) is 1.80. The fraction of sp³-hybridized carbons (Fsp3) is 0. The molecule has 0 aromatic carbocycles. The summed E-state index contributed by atoms with van der Waals surface area (Å²) >= 11 is 10.6. The van der Waals surface area contributed by atoms with Crippen LogP contribution in [0.15, 0.2) is 6.20 Å². The second kappa shape index (κ2) is 4.20. The van der Waals surface area contributed by atoms with E-state index in [4.69, 9.17) is 23.2 Å². The predicted molar refractivity (Wildman–Crippen MR) is 33.1 cm³/mol. The molecular formula is C5HCl2FLiN. The molecule has 0 amide bonds. The Bertz CT molecular complexity index is 231. The van der Waals surface area contributed by atoms with Gasteiger partial charge in [-0.2, -0.15) is 0 Å². The van der Waals surface area contributed by atoms with Gasteiger partial charge < -0.3 is 4.98 Å². The van der Waals surface area contributed by atoms with Crippen LogP contribution in [0.1, 0.15) is 0 Å². The van der Waals surface area contributed by atoms with E-state index in [1.807, 2.05) is 0 Å². The summed E-state index contributed by atoms with van der Waals surface area (Å²) < 4.78 is 12.2. The third-order valence-electron chi connectivity index (χ3n) is 0.702. The zero-order chi connectivity index (χ0) is 6.85. The van der Waals surface area contributed by atoms with Crippen molar-refractivity contribution in [2.75, 3.05) is 0 Å². The van der Waals surface area contributed by atoms with E-state index in [9.17, 15) is 4.39 Å². The monoisotopic (exact) mass is 171 g/mol. The van der Waals surface area contributed by atoms with E-state index in [0.717, 1.165) is 6.20 Å². The molecule has 1 aromatic heterocycles. The molecule has 0 N–H and O–H groups in total. The van der Waals surface area contributed by atoms with Gasteiger partial charge in [-0.15, -0.1) is 29.3 Å². The molecule has 1 rings (SSSR count). The first-order valence-corrected chi connectivity index (χ1v) is 2.84.